The molecule has 0 amide bonds. The van der Waals surface area contributed by atoms with Crippen LogP contribution in [-0.2, 0) is 10.1 Å². The van der Waals surface area contributed by atoms with Crippen molar-refractivity contribution in [3.63, 3.8) is 0 Å². The van der Waals surface area contributed by atoms with Crippen molar-refractivity contribution < 1.29 is 4.79 Å². The molecule has 0 radical (unpaired) electrons. The monoisotopic (exact) mass is 222 g/mol. The summed E-state index contributed by atoms with van der Waals surface area (Å²) < 4.78 is 0. The number of aldehydes is 1. The molecule has 0 N–H and O–H groups in total. The Balaban J connectivity index is 3.04. The highest BCUT2D eigenvalue weighted by atomic mass is 79.9. The molecule has 60 valence electrons. The van der Waals surface area contributed by atoms with E-state index in [4.69, 9.17) is 0 Å². The molecule has 0 aliphatic heterocycles. The van der Waals surface area contributed by atoms with Crippen LogP contribution in [0.15, 0.2) is 24.3 Å². The van der Waals surface area contributed by atoms with E-state index < -0.39 is 0 Å². The molecule has 1 aromatic rings. The zero-order valence-electron chi connectivity index (χ0n) is 6.38. The fraction of sp³-hybridized carbons (Fsp3) is 0.100. The number of hydrogen-bond acceptors (Lipinski definition) is 1. The van der Waals surface area contributed by atoms with Gasteiger partial charge in [0.2, 0.25) is 0 Å². The van der Waals surface area contributed by atoms with E-state index in [1.165, 1.54) is 0 Å². The Bertz CT molecular complexity index is 333. The van der Waals surface area contributed by atoms with Crippen LogP contribution < -0.4 is 0 Å². The summed E-state index contributed by atoms with van der Waals surface area (Å²) in [7, 11) is 0. The van der Waals surface area contributed by atoms with Gasteiger partial charge in [-0.15, -0.1) is 0 Å². The van der Waals surface area contributed by atoms with Gasteiger partial charge in [0.25, 0.3) is 0 Å². The van der Waals surface area contributed by atoms with E-state index in [9.17, 15) is 4.79 Å². The van der Waals surface area contributed by atoms with E-state index in [0.717, 1.165) is 16.5 Å². The van der Waals surface area contributed by atoms with Gasteiger partial charge in [-0.1, -0.05) is 40.0 Å². The van der Waals surface area contributed by atoms with Gasteiger partial charge in [0, 0.05) is 10.9 Å². The van der Waals surface area contributed by atoms with Crippen LogP contribution in [0, 0.1) is 11.8 Å². The van der Waals surface area contributed by atoms with E-state index in [0.29, 0.717) is 6.29 Å². The second-order valence-corrected chi connectivity index (χ2v) is 2.74. The fourth-order valence-electron chi connectivity index (χ4n) is 0.866. The summed E-state index contributed by atoms with van der Waals surface area (Å²) in [4.78, 5) is 9.99. The molecule has 0 fully saturated rings. The molecular formula is C10H7BrO. The predicted octanol–water partition coefficient (Wildman–Crippen LogP) is 2.13. The van der Waals surface area contributed by atoms with E-state index in [-0.39, 0.29) is 0 Å². The molecule has 1 rings (SSSR count). The van der Waals surface area contributed by atoms with Crippen LogP contribution in [0.3, 0.4) is 0 Å². The first-order valence-corrected chi connectivity index (χ1v) is 4.59. The molecule has 0 saturated carbocycles. The Morgan fingerprint density at radius 1 is 1.42 bits per heavy atom. The summed E-state index contributed by atoms with van der Waals surface area (Å²) in [5, 5.41) is 0.761. The van der Waals surface area contributed by atoms with Crippen LogP contribution in [0.4, 0.5) is 0 Å². The number of rotatable bonds is 1. The van der Waals surface area contributed by atoms with Gasteiger partial charge in [-0.3, -0.25) is 4.79 Å². The first-order chi connectivity index (χ1) is 5.88. The normalized spacial score (nSPS) is 8.42. The summed E-state index contributed by atoms with van der Waals surface area (Å²) in [6.45, 7) is 0. The molecule has 0 atom stereocenters. The molecule has 2 heteroatoms. The van der Waals surface area contributed by atoms with Crippen molar-refractivity contribution in [3.05, 3.63) is 35.4 Å². The van der Waals surface area contributed by atoms with E-state index in [1.54, 1.807) is 0 Å². The first kappa shape index (κ1) is 9.02. The Hall–Kier alpha value is -1.07. The standard InChI is InChI=1S/C10H7BrO/c11-8-10-5-2-1-4-9(10)6-3-7-12/h1-2,4-5,7H,8H2. The molecular weight excluding hydrogens is 216 g/mol. The van der Waals surface area contributed by atoms with Gasteiger partial charge in [0.15, 0.2) is 6.29 Å². The van der Waals surface area contributed by atoms with Crippen molar-refractivity contribution in [2.24, 2.45) is 0 Å². The lowest BCUT2D eigenvalue weighted by atomic mass is 10.1. The van der Waals surface area contributed by atoms with Crippen LogP contribution in [-0.4, -0.2) is 6.29 Å². The van der Waals surface area contributed by atoms with Crippen LogP contribution in [0.5, 0.6) is 0 Å². The number of carbonyl (C=O) groups excluding carboxylic acids is 1. The predicted molar refractivity (Wildman–Crippen MR) is 52.0 cm³/mol. The van der Waals surface area contributed by atoms with E-state index in [1.807, 2.05) is 24.3 Å². The maximum Gasteiger partial charge on any atom is 0.193 e. The number of halogens is 1. The van der Waals surface area contributed by atoms with Gasteiger partial charge in [-0.05, 0) is 17.6 Å². The van der Waals surface area contributed by atoms with E-state index in [2.05, 4.69) is 27.8 Å². The van der Waals surface area contributed by atoms with Crippen molar-refractivity contribution >= 4 is 22.2 Å². The molecule has 0 unspecified atom stereocenters. The number of hydrogen-bond donors (Lipinski definition) is 0. The molecule has 0 saturated heterocycles. The maximum atomic E-state index is 9.99. The zero-order valence-corrected chi connectivity index (χ0v) is 7.97. The summed E-state index contributed by atoms with van der Waals surface area (Å²) in [6.07, 6.45) is 0.602. The van der Waals surface area contributed by atoms with Crippen LogP contribution in [0.2, 0.25) is 0 Å². The van der Waals surface area contributed by atoms with Gasteiger partial charge in [0.05, 0.1) is 0 Å². The third-order valence-electron chi connectivity index (χ3n) is 1.43. The summed E-state index contributed by atoms with van der Waals surface area (Å²) >= 11 is 3.34. The molecule has 1 aromatic carbocycles. The summed E-state index contributed by atoms with van der Waals surface area (Å²) in [5.74, 6) is 5.15. The highest BCUT2D eigenvalue weighted by Crippen LogP contribution is 2.10. The molecule has 0 aliphatic rings. The lowest BCUT2D eigenvalue weighted by Gasteiger charge is -1.97. The Morgan fingerprint density at radius 3 is 2.83 bits per heavy atom. The summed E-state index contributed by atoms with van der Waals surface area (Å²) in [6, 6.07) is 7.72. The summed E-state index contributed by atoms with van der Waals surface area (Å²) in [5.41, 5.74) is 2.01. The zero-order chi connectivity index (χ0) is 8.81. The lowest BCUT2D eigenvalue weighted by Crippen LogP contribution is -1.83. The minimum absolute atomic E-state index is 0.602. The fourth-order valence-corrected chi connectivity index (χ4v) is 1.35. The van der Waals surface area contributed by atoms with Crippen LogP contribution in [0.1, 0.15) is 11.1 Å². The third kappa shape index (κ3) is 2.21. The van der Waals surface area contributed by atoms with Crippen molar-refractivity contribution in [1.29, 1.82) is 0 Å². The average Bonchev–Trinajstić information content (AvgIpc) is 2.15. The average molecular weight is 223 g/mol. The highest BCUT2D eigenvalue weighted by Gasteiger charge is 1.94. The SMILES string of the molecule is O=CC#Cc1ccccc1CBr. The van der Waals surface area contributed by atoms with Gasteiger partial charge in [-0.25, -0.2) is 0 Å². The molecule has 1 nitrogen and oxygen atoms in total. The van der Waals surface area contributed by atoms with Crippen molar-refractivity contribution in [1.82, 2.24) is 0 Å². The molecule has 0 aromatic heterocycles. The van der Waals surface area contributed by atoms with Crippen molar-refractivity contribution in [2.75, 3.05) is 0 Å². The Kier molecular flexibility index (Phi) is 3.56. The molecule has 0 heterocycles. The number of alkyl halides is 1. The van der Waals surface area contributed by atoms with Gasteiger partial charge < -0.3 is 0 Å². The quantitative estimate of drug-likeness (QED) is 0.405. The third-order valence-corrected chi connectivity index (χ3v) is 2.03. The minimum Gasteiger partial charge on any atom is -0.289 e. The van der Waals surface area contributed by atoms with Gasteiger partial charge in [-0.2, -0.15) is 0 Å². The molecule has 12 heavy (non-hydrogen) atoms. The van der Waals surface area contributed by atoms with Crippen molar-refractivity contribution in [3.8, 4) is 11.8 Å². The van der Waals surface area contributed by atoms with Crippen LogP contribution in [0.25, 0.3) is 0 Å². The van der Waals surface area contributed by atoms with Crippen LogP contribution >= 0.6 is 15.9 Å². The highest BCUT2D eigenvalue weighted by molar-refractivity contribution is 9.08. The van der Waals surface area contributed by atoms with E-state index >= 15 is 0 Å². The van der Waals surface area contributed by atoms with Gasteiger partial charge >= 0.3 is 0 Å². The maximum absolute atomic E-state index is 9.99. The molecule has 0 aliphatic carbocycles. The smallest absolute Gasteiger partial charge is 0.193 e. The Labute approximate surface area is 79.9 Å². The second kappa shape index (κ2) is 4.74. The first-order valence-electron chi connectivity index (χ1n) is 3.47. The lowest BCUT2D eigenvalue weighted by molar-refractivity contribution is -0.103. The van der Waals surface area contributed by atoms with Crippen molar-refractivity contribution in [2.45, 2.75) is 5.33 Å². The largest absolute Gasteiger partial charge is 0.289 e. The molecule has 0 spiro atoms. The molecule has 0 bridgehead atoms. The number of benzene rings is 1. The minimum atomic E-state index is 0.602. The van der Waals surface area contributed by atoms with Gasteiger partial charge in [0.1, 0.15) is 0 Å². The Morgan fingerprint density at radius 2 is 2.17 bits per heavy atom. The number of carbonyl (C=O) groups is 1. The second-order valence-electron chi connectivity index (χ2n) is 2.18. The topological polar surface area (TPSA) is 17.1 Å².